The molecule has 0 aliphatic rings. The van der Waals surface area contributed by atoms with Gasteiger partial charge in [0.05, 0.1) is 11.2 Å². The highest BCUT2D eigenvalue weighted by Gasteiger charge is 2.12. The maximum atomic E-state index is 6.04. The van der Waals surface area contributed by atoms with Crippen LogP contribution in [0.5, 0.6) is 0 Å². The molecule has 0 unspecified atom stereocenters. The van der Waals surface area contributed by atoms with E-state index in [0.717, 1.165) is 21.5 Å². The van der Waals surface area contributed by atoms with Crippen molar-refractivity contribution in [3.8, 4) is 5.69 Å². The molecule has 112 valence electrons. The number of halogens is 1. The van der Waals surface area contributed by atoms with E-state index in [4.69, 9.17) is 11.6 Å². The van der Waals surface area contributed by atoms with Gasteiger partial charge in [0.15, 0.2) is 0 Å². The molecule has 2 aromatic carbocycles. The number of rotatable bonds is 3. The quantitative estimate of drug-likeness (QED) is 0.564. The zero-order valence-electron chi connectivity index (χ0n) is 11.8. The molecule has 0 amide bonds. The number of aromatic nitrogens is 5. The number of fused-ring (bicyclic) bond motifs is 1. The van der Waals surface area contributed by atoms with Gasteiger partial charge in [-0.15, -0.1) is 5.10 Å². The maximum Gasteiger partial charge on any atom is 0.218 e. The fourth-order valence-electron chi connectivity index (χ4n) is 2.26. The maximum absolute atomic E-state index is 6.04. The Morgan fingerprint density at radius 1 is 1.00 bits per heavy atom. The van der Waals surface area contributed by atoms with Crippen molar-refractivity contribution >= 4 is 34.3 Å². The van der Waals surface area contributed by atoms with Crippen LogP contribution in [-0.2, 0) is 0 Å². The third-order valence-corrected chi connectivity index (χ3v) is 4.56. The first-order valence-electron chi connectivity index (χ1n) is 6.87. The Balaban J connectivity index is 1.77. The van der Waals surface area contributed by atoms with Crippen LogP contribution in [0.15, 0.2) is 70.8 Å². The summed E-state index contributed by atoms with van der Waals surface area (Å²) < 4.78 is 1.72. The molecule has 7 heteroatoms. The Morgan fingerprint density at radius 3 is 2.74 bits per heavy atom. The van der Waals surface area contributed by atoms with Crippen LogP contribution >= 0.6 is 23.4 Å². The molecule has 0 atom stereocenters. The molecule has 0 saturated heterocycles. The second-order valence-electron chi connectivity index (χ2n) is 4.78. The molecule has 0 aliphatic carbocycles. The lowest BCUT2D eigenvalue weighted by Crippen LogP contribution is -1.98. The average Bonchev–Trinajstić information content (AvgIpc) is 3.04. The van der Waals surface area contributed by atoms with Gasteiger partial charge in [-0.1, -0.05) is 35.9 Å². The van der Waals surface area contributed by atoms with Crippen molar-refractivity contribution in [3.05, 3.63) is 65.8 Å². The summed E-state index contributed by atoms with van der Waals surface area (Å²) >= 11 is 7.53. The number of para-hydroxylation sites is 1. The second kappa shape index (κ2) is 5.98. The molecule has 2 aromatic heterocycles. The van der Waals surface area contributed by atoms with E-state index in [1.807, 2.05) is 54.6 Å². The third-order valence-electron chi connectivity index (χ3n) is 3.31. The van der Waals surface area contributed by atoms with Crippen LogP contribution in [0.25, 0.3) is 16.6 Å². The predicted octanol–water partition coefficient (Wildman–Crippen LogP) is 4.02. The molecule has 23 heavy (non-hydrogen) atoms. The summed E-state index contributed by atoms with van der Waals surface area (Å²) in [5, 5.41) is 14.4. The third kappa shape index (κ3) is 2.78. The summed E-state index contributed by atoms with van der Waals surface area (Å²) in [6.07, 6.45) is 1.76. The van der Waals surface area contributed by atoms with Crippen molar-refractivity contribution in [3.63, 3.8) is 0 Å². The van der Waals surface area contributed by atoms with Crippen LogP contribution in [0.1, 0.15) is 0 Å². The molecule has 4 aromatic rings. The summed E-state index contributed by atoms with van der Waals surface area (Å²) in [6.45, 7) is 0. The first kappa shape index (κ1) is 14.2. The van der Waals surface area contributed by atoms with Crippen molar-refractivity contribution < 1.29 is 0 Å². The first-order valence-corrected chi connectivity index (χ1v) is 8.07. The summed E-state index contributed by atoms with van der Waals surface area (Å²) in [5.74, 6) is 0. The van der Waals surface area contributed by atoms with Crippen molar-refractivity contribution in [2.75, 3.05) is 0 Å². The summed E-state index contributed by atoms with van der Waals surface area (Å²) in [5.41, 5.74) is 1.77. The number of tetrazole rings is 1. The summed E-state index contributed by atoms with van der Waals surface area (Å²) in [6, 6.07) is 17.4. The van der Waals surface area contributed by atoms with Crippen molar-refractivity contribution in [2.24, 2.45) is 0 Å². The van der Waals surface area contributed by atoms with Gasteiger partial charge >= 0.3 is 0 Å². The number of benzene rings is 2. The molecular formula is C16H10ClN5S. The van der Waals surface area contributed by atoms with Gasteiger partial charge in [-0.05, 0) is 52.5 Å². The zero-order valence-corrected chi connectivity index (χ0v) is 13.4. The number of hydrogen-bond donors (Lipinski definition) is 0. The monoisotopic (exact) mass is 339 g/mol. The lowest BCUT2D eigenvalue weighted by molar-refractivity contribution is 0.756. The number of nitrogens with zero attached hydrogens (tertiary/aromatic N) is 5. The normalized spacial score (nSPS) is 11.0. The van der Waals surface area contributed by atoms with E-state index in [0.29, 0.717) is 10.2 Å². The van der Waals surface area contributed by atoms with Crippen molar-refractivity contribution in [1.82, 2.24) is 25.2 Å². The van der Waals surface area contributed by atoms with Crippen LogP contribution in [0.4, 0.5) is 0 Å². The van der Waals surface area contributed by atoms with Crippen LogP contribution in [0.2, 0.25) is 5.02 Å². The van der Waals surface area contributed by atoms with E-state index in [-0.39, 0.29) is 0 Å². The molecule has 0 fully saturated rings. The summed E-state index contributed by atoms with van der Waals surface area (Å²) in [4.78, 5) is 5.38. The Hall–Kier alpha value is -2.44. The van der Waals surface area contributed by atoms with Crippen molar-refractivity contribution in [2.45, 2.75) is 10.1 Å². The van der Waals surface area contributed by atoms with Gasteiger partial charge in [0.2, 0.25) is 5.16 Å². The second-order valence-corrected chi connectivity index (χ2v) is 6.23. The van der Waals surface area contributed by atoms with Gasteiger partial charge in [-0.3, -0.25) is 4.98 Å². The predicted molar refractivity (Wildman–Crippen MR) is 90.0 cm³/mol. The number of pyridine rings is 1. The largest absolute Gasteiger partial charge is 0.256 e. The van der Waals surface area contributed by atoms with Crippen LogP contribution < -0.4 is 0 Å². The smallest absolute Gasteiger partial charge is 0.218 e. The summed E-state index contributed by atoms with van der Waals surface area (Å²) in [7, 11) is 0. The van der Waals surface area contributed by atoms with Crippen LogP contribution in [0, 0.1) is 0 Å². The van der Waals surface area contributed by atoms with E-state index in [9.17, 15) is 0 Å². The minimum absolute atomic E-state index is 0.668. The van der Waals surface area contributed by atoms with Gasteiger partial charge in [-0.25, -0.2) is 0 Å². The van der Waals surface area contributed by atoms with Gasteiger partial charge < -0.3 is 0 Å². The van der Waals surface area contributed by atoms with Crippen molar-refractivity contribution in [1.29, 1.82) is 0 Å². The highest BCUT2D eigenvalue weighted by molar-refractivity contribution is 7.99. The van der Waals surface area contributed by atoms with Gasteiger partial charge in [-0.2, -0.15) is 4.68 Å². The Kier molecular flexibility index (Phi) is 3.69. The Bertz CT molecular complexity index is 971. The molecule has 0 spiro atoms. The van der Waals surface area contributed by atoms with E-state index in [1.54, 1.807) is 10.9 Å². The van der Waals surface area contributed by atoms with Gasteiger partial charge in [0.1, 0.15) is 0 Å². The van der Waals surface area contributed by atoms with E-state index < -0.39 is 0 Å². The van der Waals surface area contributed by atoms with E-state index in [1.165, 1.54) is 11.8 Å². The molecule has 0 aliphatic heterocycles. The molecule has 0 radical (unpaired) electrons. The molecule has 2 heterocycles. The zero-order chi connectivity index (χ0) is 15.6. The van der Waals surface area contributed by atoms with E-state index >= 15 is 0 Å². The lowest BCUT2D eigenvalue weighted by Gasteiger charge is -2.06. The standard InChI is InChI=1S/C16H10ClN5S/c17-11-6-7-13-14(10-11)18-9-8-15(13)23-16-19-20-21-22(16)12-4-2-1-3-5-12/h1-10H. The molecule has 0 N–H and O–H groups in total. The highest BCUT2D eigenvalue weighted by atomic mass is 35.5. The highest BCUT2D eigenvalue weighted by Crippen LogP contribution is 2.32. The Morgan fingerprint density at radius 2 is 1.87 bits per heavy atom. The molecule has 0 bridgehead atoms. The molecule has 5 nitrogen and oxygen atoms in total. The van der Waals surface area contributed by atoms with Crippen LogP contribution in [-0.4, -0.2) is 25.2 Å². The minimum Gasteiger partial charge on any atom is -0.256 e. The topological polar surface area (TPSA) is 56.5 Å². The van der Waals surface area contributed by atoms with Gasteiger partial charge in [0, 0.05) is 21.5 Å². The molecule has 0 saturated carbocycles. The van der Waals surface area contributed by atoms with Gasteiger partial charge in [0.25, 0.3) is 0 Å². The van der Waals surface area contributed by atoms with Crippen LogP contribution in [0.3, 0.4) is 0 Å². The fraction of sp³-hybridized carbons (Fsp3) is 0. The van der Waals surface area contributed by atoms with E-state index in [2.05, 4.69) is 20.5 Å². The first-order chi connectivity index (χ1) is 11.3. The minimum atomic E-state index is 0.668. The Labute approximate surface area is 141 Å². The lowest BCUT2D eigenvalue weighted by atomic mass is 10.2. The number of hydrogen-bond acceptors (Lipinski definition) is 5. The average molecular weight is 340 g/mol. The fourth-order valence-corrected chi connectivity index (χ4v) is 3.34. The SMILES string of the molecule is Clc1ccc2c(Sc3nnnn3-c3ccccc3)ccnc2c1. The molecule has 4 rings (SSSR count). The molecular weight excluding hydrogens is 330 g/mol.